The molecule has 96 valence electrons. The van der Waals surface area contributed by atoms with E-state index >= 15 is 0 Å². The minimum atomic E-state index is 0.383. The Morgan fingerprint density at radius 2 is 2.28 bits per heavy atom. The van der Waals surface area contributed by atoms with Crippen LogP contribution in [-0.2, 0) is 13.0 Å². The number of hydrogen-bond acceptors (Lipinski definition) is 4. The molecule has 0 aromatic carbocycles. The summed E-state index contributed by atoms with van der Waals surface area (Å²) >= 11 is 0. The molecule has 2 aromatic heterocycles. The van der Waals surface area contributed by atoms with E-state index < -0.39 is 0 Å². The third-order valence-corrected chi connectivity index (χ3v) is 2.95. The van der Waals surface area contributed by atoms with Crippen LogP contribution < -0.4 is 5.32 Å². The van der Waals surface area contributed by atoms with Crippen molar-refractivity contribution in [2.45, 2.75) is 32.9 Å². The molecule has 0 bridgehead atoms. The molecule has 0 spiro atoms. The fourth-order valence-electron chi connectivity index (χ4n) is 1.91. The molecule has 2 heterocycles. The van der Waals surface area contributed by atoms with Crippen molar-refractivity contribution in [2.75, 3.05) is 6.54 Å². The average molecular weight is 245 g/mol. The van der Waals surface area contributed by atoms with Crippen molar-refractivity contribution in [1.82, 2.24) is 25.1 Å². The summed E-state index contributed by atoms with van der Waals surface area (Å²) in [5, 5.41) is 7.58. The summed E-state index contributed by atoms with van der Waals surface area (Å²) in [4.78, 5) is 8.03. The number of pyridine rings is 1. The fraction of sp³-hybridized carbons (Fsp3) is 0.462. The lowest BCUT2D eigenvalue weighted by atomic mass is 10.1. The predicted molar refractivity (Wildman–Crippen MR) is 70.2 cm³/mol. The van der Waals surface area contributed by atoms with Gasteiger partial charge in [0.25, 0.3) is 0 Å². The smallest absolute Gasteiger partial charge is 0.137 e. The Morgan fingerprint density at radius 1 is 1.39 bits per heavy atom. The number of rotatable bonds is 6. The molecule has 5 nitrogen and oxygen atoms in total. The molecule has 5 heteroatoms. The molecule has 1 atom stereocenters. The third-order valence-electron chi connectivity index (χ3n) is 2.95. The Kier molecular flexibility index (Phi) is 4.41. The standard InChI is InChI=1S/C13H19N5/c1-11-7-14-5-3-13(11)4-6-16-12(2)8-18-10-15-9-17-18/h3,5,7,9-10,12,16H,4,6,8H2,1-2H3/t12-/m0/s1. The summed E-state index contributed by atoms with van der Waals surface area (Å²) in [6, 6.07) is 2.47. The molecule has 2 rings (SSSR count). The maximum atomic E-state index is 4.10. The Morgan fingerprint density at radius 3 is 3.00 bits per heavy atom. The zero-order valence-electron chi connectivity index (χ0n) is 10.9. The van der Waals surface area contributed by atoms with Gasteiger partial charge in [-0.05, 0) is 44.0 Å². The van der Waals surface area contributed by atoms with E-state index in [2.05, 4.69) is 40.3 Å². The minimum Gasteiger partial charge on any atom is -0.312 e. The number of aryl methyl sites for hydroxylation is 1. The molecule has 0 radical (unpaired) electrons. The fourth-order valence-corrected chi connectivity index (χ4v) is 1.91. The third kappa shape index (κ3) is 3.63. The van der Waals surface area contributed by atoms with Crippen LogP contribution in [0.2, 0.25) is 0 Å². The highest BCUT2D eigenvalue weighted by Crippen LogP contribution is 2.05. The quantitative estimate of drug-likeness (QED) is 0.831. The first-order chi connectivity index (χ1) is 8.75. The lowest BCUT2D eigenvalue weighted by Gasteiger charge is -2.14. The molecule has 0 saturated carbocycles. The second-order valence-corrected chi connectivity index (χ2v) is 4.52. The molecular formula is C13H19N5. The van der Waals surface area contributed by atoms with E-state index in [1.165, 1.54) is 11.1 Å². The van der Waals surface area contributed by atoms with Gasteiger partial charge in [-0.1, -0.05) is 0 Å². The maximum Gasteiger partial charge on any atom is 0.137 e. The first-order valence-electron chi connectivity index (χ1n) is 6.21. The van der Waals surface area contributed by atoms with Gasteiger partial charge < -0.3 is 5.32 Å². The van der Waals surface area contributed by atoms with E-state index in [0.717, 1.165) is 19.5 Å². The lowest BCUT2D eigenvalue weighted by Crippen LogP contribution is -2.32. The Labute approximate surface area is 107 Å². The van der Waals surface area contributed by atoms with Gasteiger partial charge in [0.2, 0.25) is 0 Å². The summed E-state index contributed by atoms with van der Waals surface area (Å²) < 4.78 is 1.84. The van der Waals surface area contributed by atoms with Crippen LogP contribution in [0.3, 0.4) is 0 Å². The first kappa shape index (κ1) is 12.7. The van der Waals surface area contributed by atoms with Gasteiger partial charge >= 0.3 is 0 Å². The van der Waals surface area contributed by atoms with Crippen molar-refractivity contribution < 1.29 is 0 Å². The maximum absolute atomic E-state index is 4.10. The average Bonchev–Trinajstić information content (AvgIpc) is 2.84. The Hall–Kier alpha value is -1.75. The highest BCUT2D eigenvalue weighted by atomic mass is 15.3. The normalized spacial score (nSPS) is 12.6. The zero-order valence-corrected chi connectivity index (χ0v) is 10.9. The van der Waals surface area contributed by atoms with E-state index in [0.29, 0.717) is 6.04 Å². The van der Waals surface area contributed by atoms with Gasteiger partial charge in [-0.2, -0.15) is 5.10 Å². The van der Waals surface area contributed by atoms with Crippen LogP contribution in [0.4, 0.5) is 0 Å². The van der Waals surface area contributed by atoms with Crippen molar-refractivity contribution in [2.24, 2.45) is 0 Å². The van der Waals surface area contributed by atoms with Crippen molar-refractivity contribution in [3.63, 3.8) is 0 Å². The van der Waals surface area contributed by atoms with Crippen molar-refractivity contribution in [1.29, 1.82) is 0 Å². The molecule has 1 N–H and O–H groups in total. The van der Waals surface area contributed by atoms with E-state index in [4.69, 9.17) is 0 Å². The largest absolute Gasteiger partial charge is 0.312 e. The van der Waals surface area contributed by atoms with Crippen molar-refractivity contribution in [3.8, 4) is 0 Å². The second-order valence-electron chi connectivity index (χ2n) is 4.52. The van der Waals surface area contributed by atoms with Crippen LogP contribution in [0.1, 0.15) is 18.1 Å². The molecule has 0 unspecified atom stereocenters. The monoisotopic (exact) mass is 245 g/mol. The van der Waals surface area contributed by atoms with E-state index in [9.17, 15) is 0 Å². The summed E-state index contributed by atoms with van der Waals surface area (Å²) in [7, 11) is 0. The van der Waals surface area contributed by atoms with Crippen LogP contribution in [0, 0.1) is 6.92 Å². The van der Waals surface area contributed by atoms with Crippen LogP contribution in [-0.4, -0.2) is 32.3 Å². The van der Waals surface area contributed by atoms with Gasteiger partial charge in [-0.25, -0.2) is 4.98 Å². The molecule has 0 amide bonds. The minimum absolute atomic E-state index is 0.383. The summed E-state index contributed by atoms with van der Waals surface area (Å²) in [6.45, 7) is 6.05. The predicted octanol–water partition coefficient (Wildman–Crippen LogP) is 1.20. The molecule has 0 saturated heterocycles. The van der Waals surface area contributed by atoms with Gasteiger partial charge in [0.15, 0.2) is 0 Å². The molecule has 0 fully saturated rings. The van der Waals surface area contributed by atoms with Crippen LogP contribution in [0.15, 0.2) is 31.1 Å². The first-order valence-corrected chi connectivity index (χ1v) is 6.21. The number of hydrogen-bond donors (Lipinski definition) is 1. The Balaban J connectivity index is 1.74. The SMILES string of the molecule is Cc1cnccc1CCN[C@@H](C)Cn1cncn1. The molecule has 0 aliphatic carbocycles. The number of nitrogens with zero attached hydrogens (tertiary/aromatic N) is 4. The molecule has 0 aliphatic heterocycles. The highest BCUT2D eigenvalue weighted by molar-refractivity contribution is 5.21. The van der Waals surface area contributed by atoms with E-state index in [1.807, 2.05) is 17.1 Å². The highest BCUT2D eigenvalue weighted by Gasteiger charge is 2.03. The molecule has 2 aromatic rings. The van der Waals surface area contributed by atoms with E-state index in [1.54, 1.807) is 12.7 Å². The lowest BCUT2D eigenvalue weighted by molar-refractivity contribution is 0.453. The van der Waals surface area contributed by atoms with Gasteiger partial charge in [0, 0.05) is 18.4 Å². The van der Waals surface area contributed by atoms with Gasteiger partial charge in [-0.15, -0.1) is 0 Å². The van der Waals surface area contributed by atoms with Gasteiger partial charge in [-0.3, -0.25) is 9.67 Å². The molecular weight excluding hydrogens is 226 g/mol. The van der Waals surface area contributed by atoms with Crippen LogP contribution >= 0.6 is 0 Å². The second kappa shape index (κ2) is 6.26. The number of aromatic nitrogens is 4. The van der Waals surface area contributed by atoms with Gasteiger partial charge in [0.05, 0.1) is 6.54 Å². The van der Waals surface area contributed by atoms with Gasteiger partial charge in [0.1, 0.15) is 12.7 Å². The van der Waals surface area contributed by atoms with E-state index in [-0.39, 0.29) is 0 Å². The molecule has 18 heavy (non-hydrogen) atoms. The number of nitrogens with one attached hydrogen (secondary N) is 1. The summed E-state index contributed by atoms with van der Waals surface area (Å²) in [5.74, 6) is 0. The molecule has 0 aliphatic rings. The van der Waals surface area contributed by atoms with Crippen LogP contribution in [0.25, 0.3) is 0 Å². The van der Waals surface area contributed by atoms with Crippen LogP contribution in [0.5, 0.6) is 0 Å². The van der Waals surface area contributed by atoms with Crippen molar-refractivity contribution >= 4 is 0 Å². The zero-order chi connectivity index (χ0) is 12.8. The summed E-state index contributed by atoms with van der Waals surface area (Å²) in [5.41, 5.74) is 2.61. The Bertz CT molecular complexity index is 466. The van der Waals surface area contributed by atoms with Crippen molar-refractivity contribution in [3.05, 3.63) is 42.2 Å². The topological polar surface area (TPSA) is 55.6 Å². The summed E-state index contributed by atoms with van der Waals surface area (Å²) in [6.07, 6.45) is 8.09.